The van der Waals surface area contributed by atoms with Crippen LogP contribution in [-0.2, 0) is 11.2 Å². The molecule has 0 unspecified atom stereocenters. The standard InChI is InChI=1S/C19H23N3O2/c1-13-10-14(2)22(20-13)16-7-5-9-21(12-16)19(23)18-11-15-6-3-4-8-17(15)24-18/h3-4,6,8,10,16,18H,5,7,9,11-12H2,1-2H3/t16-,18-/m1/s1. The maximum Gasteiger partial charge on any atom is 0.264 e. The monoisotopic (exact) mass is 325 g/mol. The number of likely N-dealkylation sites (tertiary alicyclic amines) is 1. The van der Waals surface area contributed by atoms with Crippen molar-refractivity contribution in [3.05, 3.63) is 47.3 Å². The van der Waals surface area contributed by atoms with Crippen molar-refractivity contribution in [2.24, 2.45) is 0 Å². The molecule has 126 valence electrons. The molecular formula is C19H23N3O2. The van der Waals surface area contributed by atoms with Crippen molar-refractivity contribution >= 4 is 5.91 Å². The summed E-state index contributed by atoms with van der Waals surface area (Å²) in [5, 5.41) is 4.61. The highest BCUT2D eigenvalue weighted by molar-refractivity contribution is 5.82. The summed E-state index contributed by atoms with van der Waals surface area (Å²) in [5.41, 5.74) is 3.32. The Balaban J connectivity index is 1.47. The first kappa shape index (κ1) is 15.2. The Morgan fingerprint density at radius 3 is 2.88 bits per heavy atom. The molecule has 2 atom stereocenters. The van der Waals surface area contributed by atoms with E-state index in [1.807, 2.05) is 36.1 Å². The number of hydrogen-bond donors (Lipinski definition) is 0. The molecule has 2 aliphatic rings. The van der Waals surface area contributed by atoms with Gasteiger partial charge >= 0.3 is 0 Å². The summed E-state index contributed by atoms with van der Waals surface area (Å²) in [5.74, 6) is 0.959. The lowest BCUT2D eigenvalue weighted by Gasteiger charge is -2.34. The fourth-order valence-electron chi connectivity index (χ4n) is 3.89. The molecule has 0 bridgehead atoms. The second-order valence-electron chi connectivity index (χ2n) is 6.87. The van der Waals surface area contributed by atoms with Gasteiger partial charge in [0, 0.05) is 25.2 Å². The Bertz CT molecular complexity index is 743. The van der Waals surface area contributed by atoms with E-state index in [4.69, 9.17) is 4.74 Å². The average Bonchev–Trinajstić information content (AvgIpc) is 3.17. The number of carbonyl (C=O) groups is 1. The first-order chi connectivity index (χ1) is 11.6. The molecule has 1 fully saturated rings. The third kappa shape index (κ3) is 2.68. The van der Waals surface area contributed by atoms with E-state index in [1.165, 1.54) is 0 Å². The van der Waals surface area contributed by atoms with Gasteiger partial charge in [0.1, 0.15) is 5.75 Å². The van der Waals surface area contributed by atoms with E-state index in [0.29, 0.717) is 6.42 Å². The van der Waals surface area contributed by atoms with Crippen LogP contribution in [0, 0.1) is 13.8 Å². The van der Waals surface area contributed by atoms with Gasteiger partial charge in [-0.1, -0.05) is 18.2 Å². The van der Waals surface area contributed by atoms with Crippen LogP contribution in [0.25, 0.3) is 0 Å². The highest BCUT2D eigenvalue weighted by atomic mass is 16.5. The Labute approximate surface area is 142 Å². The van der Waals surface area contributed by atoms with E-state index >= 15 is 0 Å². The van der Waals surface area contributed by atoms with Gasteiger partial charge in [-0.2, -0.15) is 5.10 Å². The molecule has 1 aromatic carbocycles. The zero-order valence-corrected chi connectivity index (χ0v) is 14.2. The number of para-hydroxylation sites is 1. The molecule has 24 heavy (non-hydrogen) atoms. The third-order valence-electron chi connectivity index (χ3n) is 5.02. The molecule has 5 nitrogen and oxygen atoms in total. The van der Waals surface area contributed by atoms with Gasteiger partial charge in [-0.05, 0) is 44.4 Å². The van der Waals surface area contributed by atoms with Gasteiger partial charge in [0.2, 0.25) is 0 Å². The van der Waals surface area contributed by atoms with E-state index in [1.54, 1.807) is 0 Å². The molecule has 0 spiro atoms. The molecule has 0 aliphatic carbocycles. The predicted molar refractivity (Wildman–Crippen MR) is 91.1 cm³/mol. The van der Waals surface area contributed by atoms with Crippen LogP contribution in [0.3, 0.4) is 0 Å². The molecule has 1 amide bonds. The smallest absolute Gasteiger partial charge is 0.264 e. The Kier molecular flexibility index (Phi) is 3.79. The summed E-state index contributed by atoms with van der Waals surface area (Å²) in [6, 6.07) is 10.3. The predicted octanol–water partition coefficient (Wildman–Crippen LogP) is 2.67. The maximum absolute atomic E-state index is 12.9. The number of fused-ring (bicyclic) bond motifs is 1. The minimum atomic E-state index is -0.374. The minimum absolute atomic E-state index is 0.109. The van der Waals surface area contributed by atoms with Crippen LogP contribution in [0.15, 0.2) is 30.3 Å². The molecule has 0 N–H and O–H groups in total. The van der Waals surface area contributed by atoms with Crippen molar-refractivity contribution in [1.82, 2.24) is 14.7 Å². The van der Waals surface area contributed by atoms with E-state index < -0.39 is 0 Å². The molecule has 1 saturated heterocycles. The number of benzene rings is 1. The fourth-order valence-corrected chi connectivity index (χ4v) is 3.89. The summed E-state index contributed by atoms with van der Waals surface area (Å²) < 4.78 is 7.96. The topological polar surface area (TPSA) is 47.4 Å². The molecule has 0 radical (unpaired) electrons. The van der Waals surface area contributed by atoms with E-state index in [9.17, 15) is 4.79 Å². The average molecular weight is 325 g/mol. The lowest BCUT2D eigenvalue weighted by Crippen LogP contribution is -2.47. The van der Waals surface area contributed by atoms with Crippen molar-refractivity contribution in [1.29, 1.82) is 0 Å². The van der Waals surface area contributed by atoms with Crippen LogP contribution in [0.2, 0.25) is 0 Å². The number of ether oxygens (including phenoxy) is 1. The lowest BCUT2D eigenvalue weighted by atomic mass is 10.0. The molecule has 3 heterocycles. The molecule has 2 aromatic rings. The molecule has 1 aromatic heterocycles. The van der Waals surface area contributed by atoms with Crippen LogP contribution in [0.5, 0.6) is 5.75 Å². The summed E-state index contributed by atoms with van der Waals surface area (Å²) in [4.78, 5) is 14.9. The quantitative estimate of drug-likeness (QED) is 0.853. The summed E-state index contributed by atoms with van der Waals surface area (Å²) in [6.07, 6.45) is 2.38. The van der Waals surface area contributed by atoms with Crippen LogP contribution >= 0.6 is 0 Å². The van der Waals surface area contributed by atoms with Crippen molar-refractivity contribution in [3.63, 3.8) is 0 Å². The number of rotatable bonds is 2. The Morgan fingerprint density at radius 1 is 1.29 bits per heavy atom. The number of aryl methyl sites for hydroxylation is 2. The number of hydrogen-bond acceptors (Lipinski definition) is 3. The second kappa shape index (κ2) is 5.96. The molecule has 0 saturated carbocycles. The van der Waals surface area contributed by atoms with Crippen LogP contribution in [0.4, 0.5) is 0 Å². The van der Waals surface area contributed by atoms with Gasteiger partial charge in [-0.15, -0.1) is 0 Å². The molecule has 4 rings (SSSR count). The van der Waals surface area contributed by atoms with Crippen molar-refractivity contribution < 1.29 is 9.53 Å². The van der Waals surface area contributed by atoms with Crippen LogP contribution in [0.1, 0.15) is 35.8 Å². The Hall–Kier alpha value is -2.30. The van der Waals surface area contributed by atoms with Gasteiger partial charge < -0.3 is 9.64 Å². The van der Waals surface area contributed by atoms with Crippen LogP contribution < -0.4 is 4.74 Å². The number of amides is 1. The van der Waals surface area contributed by atoms with Crippen LogP contribution in [-0.4, -0.2) is 39.8 Å². The number of nitrogens with zero attached hydrogens (tertiary/aromatic N) is 3. The maximum atomic E-state index is 12.9. The molecular weight excluding hydrogens is 302 g/mol. The van der Waals surface area contributed by atoms with E-state index in [2.05, 4.69) is 22.8 Å². The van der Waals surface area contributed by atoms with Crippen molar-refractivity contribution in [2.75, 3.05) is 13.1 Å². The van der Waals surface area contributed by atoms with Crippen molar-refractivity contribution in [2.45, 2.75) is 45.3 Å². The summed E-state index contributed by atoms with van der Waals surface area (Å²) >= 11 is 0. The van der Waals surface area contributed by atoms with Gasteiger partial charge in [-0.3, -0.25) is 9.48 Å². The first-order valence-electron chi connectivity index (χ1n) is 8.68. The lowest BCUT2D eigenvalue weighted by molar-refractivity contribution is -0.139. The van der Waals surface area contributed by atoms with E-state index in [0.717, 1.165) is 48.6 Å². The van der Waals surface area contributed by atoms with Gasteiger partial charge in [0.15, 0.2) is 6.10 Å². The third-order valence-corrected chi connectivity index (χ3v) is 5.02. The summed E-state index contributed by atoms with van der Waals surface area (Å²) in [6.45, 7) is 5.62. The first-order valence-corrected chi connectivity index (χ1v) is 8.68. The van der Waals surface area contributed by atoms with Gasteiger partial charge in [0.05, 0.1) is 11.7 Å². The summed E-state index contributed by atoms with van der Waals surface area (Å²) in [7, 11) is 0. The van der Waals surface area contributed by atoms with Crippen molar-refractivity contribution in [3.8, 4) is 5.75 Å². The zero-order chi connectivity index (χ0) is 16.7. The highest BCUT2D eigenvalue weighted by Crippen LogP contribution is 2.30. The van der Waals surface area contributed by atoms with Gasteiger partial charge in [-0.25, -0.2) is 0 Å². The second-order valence-corrected chi connectivity index (χ2v) is 6.87. The largest absolute Gasteiger partial charge is 0.480 e. The minimum Gasteiger partial charge on any atom is -0.480 e. The molecule has 5 heteroatoms. The number of carbonyl (C=O) groups excluding carboxylic acids is 1. The zero-order valence-electron chi connectivity index (χ0n) is 14.2. The Morgan fingerprint density at radius 2 is 2.12 bits per heavy atom. The normalized spacial score (nSPS) is 23.0. The highest BCUT2D eigenvalue weighted by Gasteiger charge is 2.35. The number of piperidine rings is 1. The SMILES string of the molecule is Cc1cc(C)n([C@@H]2CCCN(C(=O)[C@H]3Cc4ccccc4O3)C2)n1. The molecule has 2 aliphatic heterocycles. The van der Waals surface area contributed by atoms with E-state index in [-0.39, 0.29) is 18.1 Å². The van der Waals surface area contributed by atoms with Gasteiger partial charge in [0.25, 0.3) is 5.91 Å². The number of aromatic nitrogens is 2. The fraction of sp³-hybridized carbons (Fsp3) is 0.474.